The summed E-state index contributed by atoms with van der Waals surface area (Å²) in [6, 6.07) is 0.279. The molecular weight excluding hydrogens is 161 g/mol. The minimum atomic E-state index is -0.0673. The van der Waals surface area contributed by atoms with Gasteiger partial charge in [0.1, 0.15) is 6.61 Å². The minimum Gasteiger partial charge on any atom is -0.464 e. The van der Waals surface area contributed by atoms with Crippen molar-refractivity contribution >= 4 is 14.6 Å². The van der Waals surface area contributed by atoms with Gasteiger partial charge in [-0.25, -0.2) is 0 Å². The first-order valence-electron chi connectivity index (χ1n) is 3.92. The van der Waals surface area contributed by atoms with Gasteiger partial charge in [0.15, 0.2) is 0 Å². The fraction of sp³-hybridized carbons (Fsp3) is 0.857. The van der Waals surface area contributed by atoms with Crippen LogP contribution in [0.15, 0.2) is 0 Å². The number of nitrogens with one attached hydrogen (secondary N) is 1. The van der Waals surface area contributed by atoms with Crippen molar-refractivity contribution in [1.29, 1.82) is 0 Å². The van der Waals surface area contributed by atoms with Gasteiger partial charge in [-0.15, -0.1) is 8.58 Å². The first-order valence-corrected chi connectivity index (χ1v) is 5.34. The van der Waals surface area contributed by atoms with Crippen molar-refractivity contribution in [2.75, 3.05) is 19.1 Å². The molecule has 0 radical (unpaired) electrons. The van der Waals surface area contributed by atoms with Crippen LogP contribution in [0.5, 0.6) is 0 Å². The summed E-state index contributed by atoms with van der Waals surface area (Å²) in [7, 11) is 0.956. The molecule has 0 spiro atoms. The van der Waals surface area contributed by atoms with Crippen LogP contribution in [0.1, 0.15) is 13.3 Å². The molecule has 2 unspecified atom stereocenters. The van der Waals surface area contributed by atoms with E-state index in [2.05, 4.69) is 12.2 Å². The molecule has 64 valence electrons. The lowest BCUT2D eigenvalue weighted by Crippen LogP contribution is -2.28. The zero-order chi connectivity index (χ0) is 8.10. The van der Waals surface area contributed by atoms with Crippen molar-refractivity contribution in [3.8, 4) is 0 Å². The number of hydrogen-bond acceptors (Lipinski definition) is 3. The summed E-state index contributed by atoms with van der Waals surface area (Å²) in [4.78, 5) is 10.6. The topological polar surface area (TPSA) is 38.3 Å². The van der Waals surface area contributed by atoms with E-state index in [1.54, 1.807) is 0 Å². The summed E-state index contributed by atoms with van der Waals surface area (Å²) >= 11 is 0. The van der Waals surface area contributed by atoms with Gasteiger partial charge in [-0.2, -0.15) is 0 Å². The molecular formula is C7H14NO2P. The molecule has 0 aliphatic carbocycles. The van der Waals surface area contributed by atoms with Crippen molar-refractivity contribution in [3.05, 3.63) is 0 Å². The molecule has 0 amide bonds. The molecule has 1 aliphatic rings. The van der Waals surface area contributed by atoms with Crippen LogP contribution in [0, 0.1) is 0 Å². The first kappa shape index (κ1) is 8.95. The van der Waals surface area contributed by atoms with E-state index in [0.717, 1.165) is 14.9 Å². The number of esters is 1. The Morgan fingerprint density at radius 2 is 2.64 bits per heavy atom. The van der Waals surface area contributed by atoms with Crippen LogP contribution < -0.4 is 5.32 Å². The summed E-state index contributed by atoms with van der Waals surface area (Å²) in [5.41, 5.74) is 0. The fourth-order valence-electron chi connectivity index (χ4n) is 0.985. The highest BCUT2D eigenvalue weighted by atomic mass is 31.1. The van der Waals surface area contributed by atoms with Gasteiger partial charge in [-0.3, -0.25) is 4.79 Å². The molecule has 3 nitrogen and oxygen atoms in total. The minimum absolute atomic E-state index is 0.0673. The van der Waals surface area contributed by atoms with Gasteiger partial charge in [0.05, 0.1) is 12.5 Å². The van der Waals surface area contributed by atoms with Crippen LogP contribution in [0.25, 0.3) is 0 Å². The van der Waals surface area contributed by atoms with E-state index < -0.39 is 0 Å². The summed E-state index contributed by atoms with van der Waals surface area (Å²) in [6.07, 6.45) is 2.79. The van der Waals surface area contributed by atoms with E-state index in [1.165, 1.54) is 6.16 Å². The van der Waals surface area contributed by atoms with Crippen LogP contribution in [-0.2, 0) is 9.53 Å². The van der Waals surface area contributed by atoms with E-state index in [0.29, 0.717) is 13.0 Å². The lowest BCUT2D eigenvalue weighted by atomic mass is 10.3. The van der Waals surface area contributed by atoms with Crippen molar-refractivity contribution < 1.29 is 9.53 Å². The molecule has 4 heteroatoms. The van der Waals surface area contributed by atoms with Crippen LogP contribution in [0.2, 0.25) is 0 Å². The maximum absolute atomic E-state index is 10.6. The Hall–Kier alpha value is -0.140. The van der Waals surface area contributed by atoms with Crippen LogP contribution >= 0.6 is 8.58 Å². The number of carbonyl (C=O) groups excluding carboxylic acids is 1. The van der Waals surface area contributed by atoms with Gasteiger partial charge in [-0.1, -0.05) is 6.92 Å². The van der Waals surface area contributed by atoms with Gasteiger partial charge in [0, 0.05) is 6.29 Å². The third-order valence-electron chi connectivity index (χ3n) is 1.62. The lowest BCUT2D eigenvalue weighted by Gasteiger charge is -2.07. The third kappa shape index (κ3) is 3.17. The molecule has 2 atom stereocenters. The zero-order valence-electron chi connectivity index (χ0n) is 6.72. The number of ether oxygens (including phenoxy) is 1. The second kappa shape index (κ2) is 4.68. The number of cyclic esters (lactones) is 1. The molecule has 1 heterocycles. The van der Waals surface area contributed by atoms with E-state index in [1.807, 2.05) is 0 Å². The molecule has 11 heavy (non-hydrogen) atoms. The SMILES string of the molecule is CCPCNC1COC(=O)C1. The van der Waals surface area contributed by atoms with Crippen LogP contribution in [-0.4, -0.2) is 31.1 Å². The highest BCUT2D eigenvalue weighted by Gasteiger charge is 2.22. The van der Waals surface area contributed by atoms with E-state index >= 15 is 0 Å². The Bertz CT molecular complexity index is 140. The Balaban J connectivity index is 2.04. The molecule has 1 rings (SSSR count). The van der Waals surface area contributed by atoms with Crippen molar-refractivity contribution in [1.82, 2.24) is 5.32 Å². The Labute approximate surface area is 68.7 Å². The smallest absolute Gasteiger partial charge is 0.307 e. The Morgan fingerprint density at radius 3 is 3.18 bits per heavy atom. The molecule has 1 N–H and O–H groups in total. The van der Waals surface area contributed by atoms with Gasteiger partial charge in [0.2, 0.25) is 0 Å². The normalized spacial score (nSPS) is 24.8. The summed E-state index contributed by atoms with van der Waals surface area (Å²) < 4.78 is 4.80. The van der Waals surface area contributed by atoms with Crippen molar-refractivity contribution in [2.45, 2.75) is 19.4 Å². The standard InChI is InChI=1S/C7H14NO2P/c1-2-11-5-8-6-3-7(9)10-4-6/h6,8,11H,2-5H2,1H3. The molecule has 0 bridgehead atoms. The number of carbonyl (C=O) groups is 1. The second-order valence-electron chi connectivity index (χ2n) is 2.57. The average molecular weight is 175 g/mol. The van der Waals surface area contributed by atoms with Gasteiger partial charge >= 0.3 is 5.97 Å². The number of hydrogen-bond donors (Lipinski definition) is 1. The molecule has 1 fully saturated rings. The highest BCUT2D eigenvalue weighted by molar-refractivity contribution is 7.37. The molecule has 0 aromatic heterocycles. The summed E-state index contributed by atoms with van der Waals surface area (Å²) in [5, 5.41) is 3.28. The zero-order valence-corrected chi connectivity index (χ0v) is 7.72. The lowest BCUT2D eigenvalue weighted by molar-refractivity contribution is -0.137. The predicted molar refractivity (Wildman–Crippen MR) is 46.2 cm³/mol. The monoisotopic (exact) mass is 175 g/mol. The fourth-order valence-corrected chi connectivity index (χ4v) is 1.67. The maximum Gasteiger partial charge on any atom is 0.307 e. The molecule has 0 aromatic rings. The predicted octanol–water partition coefficient (Wildman–Crippen LogP) is 0.547. The Morgan fingerprint density at radius 1 is 1.82 bits per heavy atom. The van der Waals surface area contributed by atoms with E-state index in [-0.39, 0.29) is 12.0 Å². The van der Waals surface area contributed by atoms with E-state index in [9.17, 15) is 4.79 Å². The molecule has 1 saturated heterocycles. The summed E-state index contributed by atoms with van der Waals surface area (Å²) in [6.45, 7) is 2.73. The quantitative estimate of drug-likeness (QED) is 0.385. The molecule has 1 aliphatic heterocycles. The van der Waals surface area contributed by atoms with E-state index in [4.69, 9.17) is 4.74 Å². The number of rotatable bonds is 4. The first-order chi connectivity index (χ1) is 5.33. The summed E-state index contributed by atoms with van der Waals surface area (Å²) in [5.74, 6) is -0.0673. The maximum atomic E-state index is 10.6. The van der Waals surface area contributed by atoms with Crippen LogP contribution in [0.3, 0.4) is 0 Å². The van der Waals surface area contributed by atoms with Crippen molar-refractivity contribution in [2.24, 2.45) is 0 Å². The van der Waals surface area contributed by atoms with Crippen molar-refractivity contribution in [3.63, 3.8) is 0 Å². The molecule has 0 aromatic carbocycles. The van der Waals surface area contributed by atoms with Gasteiger partial charge in [-0.05, 0) is 6.16 Å². The average Bonchev–Trinajstić information content (AvgIpc) is 2.37. The second-order valence-corrected chi connectivity index (χ2v) is 4.13. The molecule has 0 saturated carbocycles. The van der Waals surface area contributed by atoms with Crippen LogP contribution in [0.4, 0.5) is 0 Å². The Kier molecular flexibility index (Phi) is 3.81. The largest absolute Gasteiger partial charge is 0.464 e. The van der Waals surface area contributed by atoms with Gasteiger partial charge < -0.3 is 10.1 Å². The third-order valence-corrected chi connectivity index (χ3v) is 2.58. The van der Waals surface area contributed by atoms with Gasteiger partial charge in [0.25, 0.3) is 0 Å². The highest BCUT2D eigenvalue weighted by Crippen LogP contribution is 2.09.